The largest absolute Gasteiger partial charge is 0.358 e. The van der Waals surface area contributed by atoms with E-state index in [2.05, 4.69) is 10.5 Å². The Kier molecular flexibility index (Phi) is 3.88. The zero-order chi connectivity index (χ0) is 16.8. The molecule has 2 aliphatic heterocycles. The van der Waals surface area contributed by atoms with E-state index in [1.165, 1.54) is 23.6 Å². The van der Waals surface area contributed by atoms with E-state index in [1.54, 1.807) is 4.90 Å². The van der Waals surface area contributed by atoms with Gasteiger partial charge in [-0.25, -0.2) is 8.42 Å². The van der Waals surface area contributed by atoms with Crippen molar-refractivity contribution < 1.29 is 22.5 Å². The number of carbonyl (C=O) groups excluding carboxylic acids is 2. The molecule has 126 valence electrons. The lowest BCUT2D eigenvalue weighted by Gasteiger charge is -2.27. The Hall–Kier alpha value is -1.94. The van der Waals surface area contributed by atoms with Crippen molar-refractivity contribution in [2.75, 3.05) is 26.4 Å². The first-order valence-electron chi connectivity index (χ1n) is 7.23. The van der Waals surface area contributed by atoms with Gasteiger partial charge in [0, 0.05) is 32.2 Å². The molecule has 1 aromatic heterocycles. The summed E-state index contributed by atoms with van der Waals surface area (Å²) in [6.45, 7) is 0.633. The van der Waals surface area contributed by atoms with Crippen LogP contribution in [0.4, 0.5) is 0 Å². The molecule has 3 atom stereocenters. The number of likely N-dealkylation sites (N-methyl/N-ethyl adjacent to an activating group) is 1. The molecule has 23 heavy (non-hydrogen) atoms. The van der Waals surface area contributed by atoms with Crippen LogP contribution in [0, 0.1) is 5.92 Å². The molecule has 0 unspecified atom stereocenters. The second-order valence-electron chi connectivity index (χ2n) is 5.87. The minimum Gasteiger partial charge on any atom is -0.358 e. The molecule has 1 N–H and O–H groups in total. The number of amides is 2. The maximum absolute atomic E-state index is 12.3. The number of hydrogen-bond donors (Lipinski definition) is 1. The summed E-state index contributed by atoms with van der Waals surface area (Å²) in [7, 11) is -2.08. The molecule has 2 amide bonds. The van der Waals surface area contributed by atoms with Crippen molar-refractivity contribution in [3.63, 3.8) is 0 Å². The fourth-order valence-electron chi connectivity index (χ4n) is 3.51. The number of nitrogens with zero attached hydrogens (tertiary/aromatic N) is 3. The van der Waals surface area contributed by atoms with Gasteiger partial charge in [0.2, 0.25) is 21.7 Å². The van der Waals surface area contributed by atoms with E-state index in [1.807, 2.05) is 0 Å². The van der Waals surface area contributed by atoms with Crippen molar-refractivity contribution in [3.05, 3.63) is 18.0 Å². The van der Waals surface area contributed by atoms with E-state index in [-0.39, 0.29) is 36.1 Å². The predicted molar refractivity (Wildman–Crippen MR) is 78.8 cm³/mol. The average Bonchev–Trinajstić information content (AvgIpc) is 3.18. The summed E-state index contributed by atoms with van der Waals surface area (Å²) in [6.07, 6.45) is 2.87. The molecule has 0 spiro atoms. The Morgan fingerprint density at radius 1 is 1.39 bits per heavy atom. The zero-order valence-corrected chi connectivity index (χ0v) is 13.6. The molecule has 10 heteroatoms. The molecule has 0 radical (unpaired) electrons. The van der Waals surface area contributed by atoms with Gasteiger partial charge in [-0.2, -0.15) is 4.31 Å². The molecule has 1 aromatic rings. The molecule has 0 aromatic carbocycles. The number of carbonyl (C=O) groups is 2. The van der Waals surface area contributed by atoms with Crippen molar-refractivity contribution in [2.45, 2.75) is 18.5 Å². The van der Waals surface area contributed by atoms with Gasteiger partial charge in [0.05, 0.1) is 12.5 Å². The highest BCUT2D eigenvalue weighted by atomic mass is 32.2. The smallest absolute Gasteiger partial charge is 0.292 e. The summed E-state index contributed by atoms with van der Waals surface area (Å²) in [4.78, 5) is 25.8. The highest BCUT2D eigenvalue weighted by Crippen LogP contribution is 2.37. The van der Waals surface area contributed by atoms with Crippen LogP contribution in [0.1, 0.15) is 17.0 Å². The monoisotopic (exact) mass is 342 g/mol. The lowest BCUT2D eigenvalue weighted by atomic mass is 10.0. The molecule has 0 bridgehead atoms. The number of sulfonamides is 1. The third-order valence-electron chi connectivity index (χ3n) is 4.43. The second-order valence-corrected chi connectivity index (χ2v) is 7.76. The summed E-state index contributed by atoms with van der Waals surface area (Å²) < 4.78 is 30.4. The van der Waals surface area contributed by atoms with Crippen LogP contribution in [0.5, 0.6) is 0 Å². The van der Waals surface area contributed by atoms with Crippen molar-refractivity contribution >= 4 is 21.8 Å². The minimum atomic E-state index is -3.57. The summed E-state index contributed by atoms with van der Waals surface area (Å²) in [5.41, 5.74) is 0. The second kappa shape index (κ2) is 5.60. The molecule has 0 saturated carbocycles. The van der Waals surface area contributed by atoms with Gasteiger partial charge in [0.1, 0.15) is 6.04 Å². The summed E-state index contributed by atoms with van der Waals surface area (Å²) in [6, 6.07) is 0.365. The molecular formula is C13H18N4O5S. The van der Waals surface area contributed by atoms with Crippen LogP contribution in [0.25, 0.3) is 0 Å². The molecule has 3 heterocycles. The van der Waals surface area contributed by atoms with Gasteiger partial charge in [-0.15, -0.1) is 0 Å². The van der Waals surface area contributed by atoms with Gasteiger partial charge in [0.15, 0.2) is 0 Å². The normalized spacial score (nSPS) is 27.9. The van der Waals surface area contributed by atoms with E-state index in [0.717, 1.165) is 6.26 Å². The Labute approximate surface area is 133 Å². The molecule has 2 fully saturated rings. The zero-order valence-electron chi connectivity index (χ0n) is 12.8. The Balaban J connectivity index is 1.82. The third kappa shape index (κ3) is 2.72. The van der Waals surface area contributed by atoms with E-state index in [4.69, 9.17) is 4.52 Å². The molecule has 2 aliphatic rings. The Morgan fingerprint density at radius 3 is 2.70 bits per heavy atom. The standard InChI is InChI=1S/C13H18N4O5S/c1-14-12(18)9-5-8-6-16(13(19)11-3-4-15-22-11)7-10(8)17(9)23(2,20)21/h3-4,8-10H,5-7H2,1-2H3,(H,14,18)/t8-,9-,10+/m1/s1. The lowest BCUT2D eigenvalue weighted by molar-refractivity contribution is -0.124. The van der Waals surface area contributed by atoms with Crippen LogP contribution in [-0.4, -0.2) is 73.1 Å². The first kappa shape index (κ1) is 15.9. The SMILES string of the molecule is CNC(=O)[C@H]1C[C@@H]2CN(C(=O)c3ccno3)C[C@@H]2N1S(C)(=O)=O. The van der Waals surface area contributed by atoms with Crippen LogP contribution in [0.2, 0.25) is 0 Å². The van der Waals surface area contributed by atoms with Gasteiger partial charge in [-0.05, 0) is 12.3 Å². The lowest BCUT2D eigenvalue weighted by Crippen LogP contribution is -2.49. The highest BCUT2D eigenvalue weighted by Gasteiger charge is 2.53. The maximum Gasteiger partial charge on any atom is 0.292 e. The van der Waals surface area contributed by atoms with Crippen molar-refractivity contribution in [1.29, 1.82) is 0 Å². The molecule has 2 saturated heterocycles. The fraction of sp³-hybridized carbons (Fsp3) is 0.615. The van der Waals surface area contributed by atoms with Crippen LogP contribution >= 0.6 is 0 Å². The van der Waals surface area contributed by atoms with Gasteiger partial charge in [0.25, 0.3) is 5.91 Å². The van der Waals surface area contributed by atoms with Crippen LogP contribution < -0.4 is 5.32 Å². The number of hydrogen-bond acceptors (Lipinski definition) is 6. The highest BCUT2D eigenvalue weighted by molar-refractivity contribution is 7.88. The van der Waals surface area contributed by atoms with E-state index >= 15 is 0 Å². The average molecular weight is 342 g/mol. The maximum atomic E-state index is 12.3. The van der Waals surface area contributed by atoms with Gasteiger partial charge >= 0.3 is 0 Å². The third-order valence-corrected chi connectivity index (χ3v) is 5.73. The molecule has 0 aliphatic carbocycles. The first-order valence-corrected chi connectivity index (χ1v) is 9.08. The number of aromatic nitrogens is 1. The topological polar surface area (TPSA) is 113 Å². The number of rotatable bonds is 3. The Bertz CT molecular complexity index is 717. The number of likely N-dealkylation sites (tertiary alicyclic amines) is 1. The van der Waals surface area contributed by atoms with Crippen LogP contribution in [0.3, 0.4) is 0 Å². The van der Waals surface area contributed by atoms with Crippen molar-refractivity contribution in [3.8, 4) is 0 Å². The van der Waals surface area contributed by atoms with Crippen LogP contribution in [-0.2, 0) is 14.8 Å². The predicted octanol–water partition coefficient (Wildman–Crippen LogP) is -1.10. The van der Waals surface area contributed by atoms with Gasteiger partial charge in [-0.1, -0.05) is 5.16 Å². The van der Waals surface area contributed by atoms with E-state index < -0.39 is 16.1 Å². The van der Waals surface area contributed by atoms with Crippen molar-refractivity contribution in [1.82, 2.24) is 19.7 Å². The number of fused-ring (bicyclic) bond motifs is 1. The summed E-state index contributed by atoms with van der Waals surface area (Å²) in [5.74, 6) is -0.586. The fourth-order valence-corrected chi connectivity index (χ4v) is 4.88. The van der Waals surface area contributed by atoms with Gasteiger partial charge < -0.3 is 14.7 Å². The van der Waals surface area contributed by atoms with Gasteiger partial charge in [-0.3, -0.25) is 9.59 Å². The number of nitrogens with one attached hydrogen (secondary N) is 1. The van der Waals surface area contributed by atoms with Crippen LogP contribution in [0.15, 0.2) is 16.8 Å². The molecular weight excluding hydrogens is 324 g/mol. The minimum absolute atomic E-state index is 0.0705. The van der Waals surface area contributed by atoms with E-state index in [0.29, 0.717) is 13.0 Å². The summed E-state index contributed by atoms with van der Waals surface area (Å²) in [5, 5.41) is 6.01. The summed E-state index contributed by atoms with van der Waals surface area (Å²) >= 11 is 0. The molecule has 3 rings (SSSR count). The first-order chi connectivity index (χ1) is 10.8. The quantitative estimate of drug-likeness (QED) is 0.746. The van der Waals surface area contributed by atoms with Crippen molar-refractivity contribution in [2.24, 2.45) is 5.92 Å². The Morgan fingerprint density at radius 2 is 2.13 bits per heavy atom. The molecule has 9 nitrogen and oxygen atoms in total. The van der Waals surface area contributed by atoms with E-state index in [9.17, 15) is 18.0 Å².